The van der Waals surface area contributed by atoms with Crippen molar-refractivity contribution in [2.24, 2.45) is 0 Å². The van der Waals surface area contributed by atoms with Gasteiger partial charge in [-0.1, -0.05) is 11.6 Å². The molecule has 6 nitrogen and oxygen atoms in total. The minimum Gasteiger partial charge on any atom is -0.360 e. The van der Waals surface area contributed by atoms with Crippen molar-refractivity contribution in [3.63, 3.8) is 0 Å². The molecule has 0 aliphatic heterocycles. The Morgan fingerprint density at radius 2 is 1.87 bits per heavy atom. The van der Waals surface area contributed by atoms with Gasteiger partial charge < -0.3 is 4.98 Å². The summed E-state index contributed by atoms with van der Waals surface area (Å²) < 4.78 is 28.4. The first-order valence-corrected chi connectivity index (χ1v) is 9.23. The van der Waals surface area contributed by atoms with Crippen molar-refractivity contribution in [2.45, 2.75) is 18.7 Å². The molecule has 23 heavy (non-hydrogen) atoms. The van der Waals surface area contributed by atoms with Crippen molar-refractivity contribution in [2.75, 3.05) is 4.72 Å². The van der Waals surface area contributed by atoms with E-state index in [0.717, 1.165) is 4.47 Å². The molecular weight excluding hydrogens is 404 g/mol. The average molecular weight is 416 g/mol. The van der Waals surface area contributed by atoms with Crippen LogP contribution in [0.3, 0.4) is 0 Å². The maximum absolute atomic E-state index is 12.6. The van der Waals surface area contributed by atoms with Crippen LogP contribution >= 0.6 is 27.5 Å². The summed E-state index contributed by atoms with van der Waals surface area (Å²) in [6.45, 7) is 3.54. The van der Waals surface area contributed by atoms with Crippen molar-refractivity contribution in [1.82, 2.24) is 15.0 Å². The van der Waals surface area contributed by atoms with Crippen LogP contribution in [0.1, 0.15) is 11.4 Å². The van der Waals surface area contributed by atoms with E-state index in [0.29, 0.717) is 27.3 Å². The predicted molar refractivity (Wildman–Crippen MR) is 93.3 cm³/mol. The second kappa shape index (κ2) is 5.77. The fourth-order valence-corrected chi connectivity index (χ4v) is 3.69. The van der Waals surface area contributed by atoms with Crippen molar-refractivity contribution in [3.8, 4) is 0 Å². The molecule has 3 aromatic rings. The highest BCUT2D eigenvalue weighted by Gasteiger charge is 2.21. The van der Waals surface area contributed by atoms with Crippen LogP contribution in [0.4, 0.5) is 5.95 Å². The Morgan fingerprint density at radius 1 is 1.22 bits per heavy atom. The van der Waals surface area contributed by atoms with Crippen LogP contribution in [0.15, 0.2) is 33.8 Å². The number of hydrogen-bond acceptors (Lipinski definition) is 4. The summed E-state index contributed by atoms with van der Waals surface area (Å²) in [7, 11) is -3.82. The maximum Gasteiger partial charge on any atom is 0.266 e. The third kappa shape index (κ3) is 3.06. The number of H-pyrrole nitrogens is 1. The number of nitrogens with one attached hydrogen (secondary N) is 2. The van der Waals surface area contributed by atoms with Gasteiger partial charge in [0.15, 0.2) is 0 Å². The number of aryl methyl sites for hydroxylation is 2. The molecule has 2 N–H and O–H groups in total. The van der Waals surface area contributed by atoms with Gasteiger partial charge in [-0.15, -0.1) is 0 Å². The van der Waals surface area contributed by atoms with E-state index in [-0.39, 0.29) is 10.8 Å². The average Bonchev–Trinajstić information content (AvgIpc) is 2.88. The highest BCUT2D eigenvalue weighted by atomic mass is 79.9. The van der Waals surface area contributed by atoms with Crippen molar-refractivity contribution in [3.05, 3.63) is 45.3 Å². The van der Waals surface area contributed by atoms with Gasteiger partial charge in [0, 0.05) is 22.1 Å². The third-order valence-electron chi connectivity index (χ3n) is 3.30. The summed E-state index contributed by atoms with van der Waals surface area (Å²) in [4.78, 5) is 11.3. The van der Waals surface area contributed by atoms with Gasteiger partial charge in [-0.2, -0.15) is 0 Å². The summed E-state index contributed by atoms with van der Waals surface area (Å²) in [5, 5.41) is 1.08. The maximum atomic E-state index is 12.6. The second-order valence-electron chi connectivity index (χ2n) is 4.98. The van der Waals surface area contributed by atoms with Crippen LogP contribution in [-0.4, -0.2) is 23.4 Å². The highest BCUT2D eigenvalue weighted by molar-refractivity contribution is 9.10. The number of aromatic amines is 1. The quantitative estimate of drug-likeness (QED) is 0.681. The lowest BCUT2D eigenvalue weighted by atomic mass is 10.2. The zero-order valence-electron chi connectivity index (χ0n) is 12.2. The molecule has 0 spiro atoms. The normalized spacial score (nSPS) is 11.8. The molecule has 0 aliphatic rings. The van der Waals surface area contributed by atoms with E-state index >= 15 is 0 Å². The first kappa shape index (κ1) is 16.2. The molecule has 0 fully saturated rings. The van der Waals surface area contributed by atoms with Crippen LogP contribution in [-0.2, 0) is 10.0 Å². The molecule has 0 radical (unpaired) electrons. The van der Waals surface area contributed by atoms with Crippen molar-refractivity contribution >= 4 is 54.4 Å². The second-order valence-corrected chi connectivity index (χ2v) is 7.86. The topological polar surface area (TPSA) is 87.7 Å². The molecule has 3 rings (SSSR count). The van der Waals surface area contributed by atoms with E-state index in [1.807, 2.05) is 0 Å². The Morgan fingerprint density at radius 3 is 2.52 bits per heavy atom. The summed E-state index contributed by atoms with van der Waals surface area (Å²) in [6, 6.07) is 4.96. The smallest absolute Gasteiger partial charge is 0.266 e. The summed E-state index contributed by atoms with van der Waals surface area (Å²) >= 11 is 9.26. The number of sulfonamides is 1. The lowest BCUT2D eigenvalue weighted by Crippen LogP contribution is -2.15. The fraction of sp³-hybridized carbons (Fsp3) is 0.143. The molecule has 1 aromatic carbocycles. The molecule has 0 atom stereocenters. The summed E-state index contributed by atoms with van der Waals surface area (Å²) in [5.41, 5.74) is 1.95. The standard InChI is InChI=1S/C14H12BrClN4O2S/c1-7-13(15)8(2)19-14(18-7)20-23(21,22)12-6-17-11-5-9(16)3-4-10(11)12/h3-6,17H,1-2H3,(H,18,19,20). The SMILES string of the molecule is Cc1nc(NS(=O)(=O)c2c[nH]c3cc(Cl)ccc23)nc(C)c1Br. The van der Waals surface area contributed by atoms with Crippen LogP contribution in [0.25, 0.3) is 10.9 Å². The summed E-state index contributed by atoms with van der Waals surface area (Å²) in [5.74, 6) is 0.0338. The Kier molecular flexibility index (Phi) is 4.07. The van der Waals surface area contributed by atoms with Crippen LogP contribution in [0, 0.1) is 13.8 Å². The Balaban J connectivity index is 2.04. The van der Waals surface area contributed by atoms with Gasteiger partial charge in [0.1, 0.15) is 4.90 Å². The monoisotopic (exact) mass is 414 g/mol. The van der Waals surface area contributed by atoms with Crippen molar-refractivity contribution < 1.29 is 8.42 Å². The van der Waals surface area contributed by atoms with Crippen LogP contribution in [0.2, 0.25) is 5.02 Å². The van der Waals surface area contributed by atoms with Gasteiger partial charge in [0.25, 0.3) is 10.0 Å². The van der Waals surface area contributed by atoms with Gasteiger partial charge in [0.05, 0.1) is 15.9 Å². The van der Waals surface area contributed by atoms with Gasteiger partial charge >= 0.3 is 0 Å². The number of hydrogen-bond donors (Lipinski definition) is 2. The lowest BCUT2D eigenvalue weighted by Gasteiger charge is -2.08. The van der Waals surface area contributed by atoms with Gasteiger partial charge in [-0.05, 0) is 48.0 Å². The predicted octanol–water partition coefficient (Wildman–Crippen LogP) is 3.79. The van der Waals surface area contributed by atoms with Crippen molar-refractivity contribution in [1.29, 1.82) is 0 Å². The molecule has 120 valence electrons. The number of benzene rings is 1. The Hall–Kier alpha value is -1.64. The molecular formula is C14H12BrClN4O2S. The molecule has 2 aromatic heterocycles. The number of rotatable bonds is 3. The molecule has 0 amide bonds. The number of aromatic nitrogens is 3. The van der Waals surface area contributed by atoms with E-state index in [4.69, 9.17) is 11.6 Å². The summed E-state index contributed by atoms with van der Waals surface area (Å²) in [6.07, 6.45) is 1.42. The third-order valence-corrected chi connectivity index (χ3v) is 6.05. The van der Waals surface area contributed by atoms with Crippen LogP contribution in [0.5, 0.6) is 0 Å². The number of anilines is 1. The first-order valence-electron chi connectivity index (χ1n) is 6.58. The van der Waals surface area contributed by atoms with E-state index in [2.05, 4.69) is 35.6 Å². The zero-order valence-corrected chi connectivity index (χ0v) is 15.3. The molecule has 0 unspecified atom stereocenters. The van der Waals surface area contributed by atoms with E-state index < -0.39 is 10.0 Å². The number of fused-ring (bicyclic) bond motifs is 1. The Labute approximate surface area is 146 Å². The lowest BCUT2D eigenvalue weighted by molar-refractivity contribution is 0.601. The largest absolute Gasteiger partial charge is 0.360 e. The molecule has 0 saturated heterocycles. The number of nitrogens with zero attached hydrogens (tertiary/aromatic N) is 2. The zero-order chi connectivity index (χ0) is 16.8. The highest BCUT2D eigenvalue weighted by Crippen LogP contribution is 2.27. The van der Waals surface area contributed by atoms with Gasteiger partial charge in [-0.25, -0.2) is 23.1 Å². The van der Waals surface area contributed by atoms with E-state index in [1.54, 1.807) is 32.0 Å². The minimum atomic E-state index is -3.82. The first-order chi connectivity index (χ1) is 10.8. The van der Waals surface area contributed by atoms with Gasteiger partial charge in [0.2, 0.25) is 5.95 Å². The minimum absolute atomic E-state index is 0.0338. The number of halogens is 2. The molecule has 0 bridgehead atoms. The molecule has 2 heterocycles. The molecule has 0 saturated carbocycles. The van der Waals surface area contributed by atoms with E-state index in [1.165, 1.54) is 6.20 Å². The van der Waals surface area contributed by atoms with Gasteiger partial charge in [-0.3, -0.25) is 0 Å². The van der Waals surface area contributed by atoms with Crippen LogP contribution < -0.4 is 4.72 Å². The Bertz CT molecular complexity index is 994. The molecule has 9 heteroatoms. The molecule has 0 aliphatic carbocycles. The van der Waals surface area contributed by atoms with E-state index in [9.17, 15) is 8.42 Å². The fourth-order valence-electron chi connectivity index (χ4n) is 2.22.